The summed E-state index contributed by atoms with van der Waals surface area (Å²) < 4.78 is 21.0. The number of carbonyl (C=O) groups is 1. The summed E-state index contributed by atoms with van der Waals surface area (Å²) in [5.74, 6) is 3.59. The lowest BCUT2D eigenvalue weighted by Gasteiger charge is -2.20. The summed E-state index contributed by atoms with van der Waals surface area (Å²) >= 11 is 3.38. The monoisotopic (exact) mass is 410 g/mol. The van der Waals surface area contributed by atoms with Crippen molar-refractivity contribution in [2.24, 2.45) is 0 Å². The Morgan fingerprint density at radius 3 is 2.33 bits per heavy atom. The highest BCUT2D eigenvalue weighted by atomic mass is 79.9. The van der Waals surface area contributed by atoms with Crippen molar-refractivity contribution in [1.29, 1.82) is 0 Å². The maximum Gasteiger partial charge on any atom is 0.419 e. The normalized spacial score (nSPS) is 13.8. The quantitative estimate of drug-likeness (QED) is 0.775. The van der Waals surface area contributed by atoms with Crippen molar-refractivity contribution in [3.05, 3.63) is 47.1 Å². The Kier molecular flexibility index (Phi) is 5.35. The number of benzene rings is 1. The van der Waals surface area contributed by atoms with E-state index in [1.807, 2.05) is 24.3 Å². The second kappa shape index (κ2) is 6.94. The highest BCUT2D eigenvalue weighted by Crippen LogP contribution is 2.21. The van der Waals surface area contributed by atoms with Gasteiger partial charge in [0.05, 0.1) is 20.3 Å². The van der Waals surface area contributed by atoms with Gasteiger partial charge in [-0.15, -0.1) is 0 Å². The van der Waals surface area contributed by atoms with Crippen molar-refractivity contribution in [3.8, 4) is 11.3 Å². The lowest BCUT2D eigenvalue weighted by atomic mass is 10.1. The third-order valence-corrected chi connectivity index (χ3v) is 4.93. The predicted molar refractivity (Wildman–Crippen MR) is 100 cm³/mol. The number of amides is 1. The van der Waals surface area contributed by atoms with E-state index in [1.165, 1.54) is 6.20 Å². The fourth-order valence-corrected chi connectivity index (χ4v) is 3.06. The molecule has 1 atom stereocenters. The smallest absolute Gasteiger partial charge is 0.419 e. The molecule has 2 aromatic rings. The molecule has 0 spiro atoms. The zero-order valence-electron chi connectivity index (χ0n) is 13.7. The van der Waals surface area contributed by atoms with Crippen LogP contribution in [-0.4, -0.2) is 26.8 Å². The predicted octanol–water partition coefficient (Wildman–Crippen LogP) is 4.03. The number of carbonyl (C=O) groups excluding carboxylic acids is 1. The molecule has 0 aliphatic heterocycles. The highest BCUT2D eigenvalue weighted by Gasteiger charge is 2.19. The Labute approximate surface area is 150 Å². The van der Waals surface area contributed by atoms with Gasteiger partial charge in [0.1, 0.15) is 5.60 Å². The van der Waals surface area contributed by atoms with Gasteiger partial charge in [0.15, 0.2) is 0 Å². The summed E-state index contributed by atoms with van der Waals surface area (Å²) in [6, 6.07) is 11.1. The Hall–Kier alpha value is -1.86. The number of nitrogens with zero attached hydrogens (tertiary/aromatic N) is 1. The molecular weight excluding hydrogens is 392 g/mol. The molecule has 1 N–H and O–H groups in total. The van der Waals surface area contributed by atoms with Crippen LogP contribution in [0.25, 0.3) is 11.3 Å². The Balaban J connectivity index is 2.17. The van der Waals surface area contributed by atoms with Crippen molar-refractivity contribution >= 4 is 37.6 Å². The zero-order valence-corrected chi connectivity index (χ0v) is 16.1. The van der Waals surface area contributed by atoms with Gasteiger partial charge in [0.2, 0.25) is 0 Å². The summed E-state index contributed by atoms with van der Waals surface area (Å²) in [5, 5.41) is 0. The molecule has 24 heavy (non-hydrogen) atoms. The Morgan fingerprint density at radius 2 is 1.83 bits per heavy atom. The number of hydrogen-bond donors (Lipinski definition) is 1. The van der Waals surface area contributed by atoms with Gasteiger partial charge in [-0.25, -0.2) is 13.7 Å². The minimum atomic E-state index is -3.03. The molecule has 1 amide bonds. The van der Waals surface area contributed by atoms with Crippen LogP contribution in [0.15, 0.2) is 52.0 Å². The summed E-state index contributed by atoms with van der Waals surface area (Å²) in [7, 11) is -3.03. The van der Waals surface area contributed by atoms with Crippen molar-refractivity contribution in [3.63, 3.8) is 0 Å². The minimum Gasteiger partial charge on any atom is -0.443 e. The third kappa shape index (κ3) is 5.07. The van der Waals surface area contributed by atoms with Crippen LogP contribution in [0.3, 0.4) is 0 Å². The average Bonchev–Trinajstić information content (AvgIpc) is 2.45. The van der Waals surface area contributed by atoms with Crippen LogP contribution in [0.4, 0.5) is 4.79 Å². The Morgan fingerprint density at radius 1 is 1.21 bits per heavy atom. The van der Waals surface area contributed by atoms with E-state index in [2.05, 4.69) is 31.5 Å². The zero-order chi connectivity index (χ0) is 18.0. The van der Waals surface area contributed by atoms with Gasteiger partial charge < -0.3 is 4.74 Å². The minimum absolute atomic E-state index is 0.328. The molecule has 0 bridgehead atoms. The molecule has 0 saturated heterocycles. The van der Waals surface area contributed by atoms with Gasteiger partial charge in [-0.3, -0.25) is 4.98 Å². The topological polar surface area (TPSA) is 68.3 Å². The van der Waals surface area contributed by atoms with E-state index in [1.54, 1.807) is 32.9 Å². The molecule has 7 heteroatoms. The maximum absolute atomic E-state index is 12.6. The Bertz CT molecular complexity index is 824. The van der Waals surface area contributed by atoms with Crippen LogP contribution >= 0.6 is 15.9 Å². The molecule has 5 nitrogen and oxygen atoms in total. The first-order valence-electron chi connectivity index (χ1n) is 7.17. The number of rotatable bonds is 3. The summed E-state index contributed by atoms with van der Waals surface area (Å²) in [4.78, 5) is 16.4. The largest absolute Gasteiger partial charge is 0.443 e. The molecule has 1 heterocycles. The van der Waals surface area contributed by atoms with E-state index in [0.717, 1.165) is 15.7 Å². The summed E-state index contributed by atoms with van der Waals surface area (Å²) in [5.41, 5.74) is 0.989. The SMILES string of the molecule is C=S(=O)(NC(=O)OC(C)(C)C)c1ccc(-c2ccc(Br)cc2)nc1. The first-order valence-corrected chi connectivity index (χ1v) is 9.69. The molecule has 1 unspecified atom stereocenters. The lowest BCUT2D eigenvalue weighted by molar-refractivity contribution is 0.0572. The molecule has 128 valence electrons. The van der Waals surface area contributed by atoms with Crippen LogP contribution in [0, 0.1) is 0 Å². The standard InChI is InChI=1S/C17H19BrN2O3S/c1-17(2,3)23-16(21)20-24(4,22)14-9-10-15(19-11-14)12-5-7-13(18)8-6-12/h5-11H,4H2,1-3H3,(H,20,21,22). The number of halogens is 1. The van der Waals surface area contributed by atoms with Crippen LogP contribution in [0.5, 0.6) is 0 Å². The van der Waals surface area contributed by atoms with E-state index in [4.69, 9.17) is 4.74 Å². The first kappa shape index (κ1) is 18.5. The number of nitrogens with one attached hydrogen (secondary N) is 1. The maximum atomic E-state index is 12.6. The summed E-state index contributed by atoms with van der Waals surface area (Å²) in [6.07, 6.45) is 0.670. The van der Waals surface area contributed by atoms with Gasteiger partial charge >= 0.3 is 6.09 Å². The van der Waals surface area contributed by atoms with E-state index < -0.39 is 21.4 Å². The number of hydrogen-bond acceptors (Lipinski definition) is 4. The second-order valence-electron chi connectivity index (χ2n) is 6.17. The van der Waals surface area contributed by atoms with E-state index in [9.17, 15) is 9.00 Å². The first-order chi connectivity index (χ1) is 11.1. The fourth-order valence-electron chi connectivity index (χ4n) is 1.86. The van der Waals surface area contributed by atoms with Crippen molar-refractivity contribution < 1.29 is 13.7 Å². The molecule has 1 aromatic heterocycles. The van der Waals surface area contributed by atoms with Crippen molar-refractivity contribution in [2.45, 2.75) is 31.3 Å². The number of ether oxygens (including phenoxy) is 1. The molecule has 0 radical (unpaired) electrons. The number of aromatic nitrogens is 1. The molecular formula is C17H19BrN2O3S. The van der Waals surface area contributed by atoms with E-state index in [0.29, 0.717) is 4.90 Å². The second-order valence-corrected chi connectivity index (χ2v) is 9.11. The molecule has 2 rings (SSSR count). The van der Waals surface area contributed by atoms with Crippen molar-refractivity contribution in [2.75, 3.05) is 0 Å². The lowest BCUT2D eigenvalue weighted by Crippen LogP contribution is -2.36. The van der Waals surface area contributed by atoms with Gasteiger partial charge in [-0.2, -0.15) is 0 Å². The van der Waals surface area contributed by atoms with Crippen LogP contribution in [0.1, 0.15) is 20.8 Å². The van der Waals surface area contributed by atoms with Gasteiger partial charge in [-0.05, 0) is 50.9 Å². The van der Waals surface area contributed by atoms with Gasteiger partial charge in [0, 0.05) is 16.2 Å². The average molecular weight is 411 g/mol. The summed E-state index contributed by atoms with van der Waals surface area (Å²) in [6.45, 7) is 5.18. The van der Waals surface area contributed by atoms with Crippen LogP contribution in [-0.2, 0) is 14.4 Å². The van der Waals surface area contributed by atoms with Gasteiger partial charge in [-0.1, -0.05) is 28.1 Å². The van der Waals surface area contributed by atoms with E-state index in [-0.39, 0.29) is 0 Å². The molecule has 0 aliphatic carbocycles. The van der Waals surface area contributed by atoms with Gasteiger partial charge in [0.25, 0.3) is 0 Å². The van der Waals surface area contributed by atoms with Crippen LogP contribution < -0.4 is 4.72 Å². The number of pyridine rings is 1. The van der Waals surface area contributed by atoms with Crippen molar-refractivity contribution in [1.82, 2.24) is 9.71 Å². The molecule has 0 saturated carbocycles. The molecule has 0 aliphatic rings. The van der Waals surface area contributed by atoms with E-state index >= 15 is 0 Å². The van der Waals surface area contributed by atoms with Crippen LogP contribution in [0.2, 0.25) is 0 Å². The highest BCUT2D eigenvalue weighted by molar-refractivity contribution is 9.10. The third-order valence-electron chi connectivity index (χ3n) is 2.90. The fraction of sp³-hybridized carbons (Fsp3) is 0.235. The molecule has 0 fully saturated rings. The molecule has 1 aromatic carbocycles.